The molecule has 3 heterocycles. The van der Waals surface area contributed by atoms with Crippen molar-refractivity contribution in [3.05, 3.63) is 71.8 Å². The van der Waals surface area contributed by atoms with Gasteiger partial charge in [0.05, 0.1) is 0 Å². The van der Waals surface area contributed by atoms with Crippen LogP contribution in [0.3, 0.4) is 0 Å². The summed E-state index contributed by atoms with van der Waals surface area (Å²) < 4.78 is 0. The molecular weight excluding hydrogens is 348 g/mol. The van der Waals surface area contributed by atoms with Crippen molar-refractivity contribution in [2.75, 3.05) is 33.2 Å². The molecule has 5 heteroatoms. The molecule has 1 saturated heterocycles. The van der Waals surface area contributed by atoms with Gasteiger partial charge >= 0.3 is 0 Å². The Morgan fingerprint density at radius 1 is 1.07 bits per heavy atom. The maximum Gasteiger partial charge on any atom is 0.272 e. The van der Waals surface area contributed by atoms with Gasteiger partial charge in [-0.15, -0.1) is 0 Å². The first kappa shape index (κ1) is 18.6. The molecular formula is C23H26N4O. The van der Waals surface area contributed by atoms with E-state index in [2.05, 4.69) is 40.1 Å². The van der Waals surface area contributed by atoms with Gasteiger partial charge in [0.25, 0.3) is 5.91 Å². The highest BCUT2D eigenvalue weighted by Crippen LogP contribution is 2.22. The normalized spacial score (nSPS) is 18.2. The van der Waals surface area contributed by atoms with Crippen LogP contribution in [0.2, 0.25) is 0 Å². The maximum absolute atomic E-state index is 13.1. The van der Waals surface area contributed by atoms with Gasteiger partial charge in [-0.25, -0.2) is 4.98 Å². The number of nitrogens with zero attached hydrogens (tertiary/aromatic N) is 4. The predicted octanol–water partition coefficient (Wildman–Crippen LogP) is 3.18. The fourth-order valence-electron chi connectivity index (χ4n) is 4.07. The topological polar surface area (TPSA) is 49.3 Å². The zero-order valence-corrected chi connectivity index (χ0v) is 16.5. The van der Waals surface area contributed by atoms with Crippen molar-refractivity contribution in [2.45, 2.75) is 13.3 Å². The number of hydrogen-bond donors (Lipinski definition) is 0. The Hall–Kier alpha value is -2.79. The molecule has 4 rings (SSSR count). The minimum Gasteiger partial charge on any atom is -0.336 e. The quantitative estimate of drug-likeness (QED) is 0.706. The minimum atomic E-state index is 0.0278. The average Bonchev–Trinajstić information content (AvgIpc) is 2.89. The van der Waals surface area contributed by atoms with Gasteiger partial charge in [-0.2, -0.15) is 0 Å². The van der Waals surface area contributed by atoms with Crippen molar-refractivity contribution in [3.63, 3.8) is 0 Å². The first-order valence-electron chi connectivity index (χ1n) is 9.83. The van der Waals surface area contributed by atoms with E-state index in [4.69, 9.17) is 0 Å². The number of hydrogen-bond acceptors (Lipinski definition) is 4. The Kier molecular flexibility index (Phi) is 5.35. The highest BCUT2D eigenvalue weighted by atomic mass is 16.2. The number of benzene rings is 1. The highest BCUT2D eigenvalue weighted by Gasteiger charge is 2.26. The minimum absolute atomic E-state index is 0.0278. The molecule has 0 saturated carbocycles. The van der Waals surface area contributed by atoms with Crippen LogP contribution in [-0.2, 0) is 6.42 Å². The maximum atomic E-state index is 13.1. The first-order valence-corrected chi connectivity index (χ1v) is 9.83. The number of carbonyl (C=O) groups excluding carboxylic acids is 1. The third kappa shape index (κ3) is 4.04. The van der Waals surface area contributed by atoms with Crippen LogP contribution in [-0.4, -0.2) is 58.9 Å². The van der Waals surface area contributed by atoms with E-state index in [9.17, 15) is 4.79 Å². The second-order valence-corrected chi connectivity index (χ2v) is 7.77. The van der Waals surface area contributed by atoms with Crippen LogP contribution in [0.25, 0.3) is 10.8 Å². The zero-order chi connectivity index (χ0) is 19.5. The van der Waals surface area contributed by atoms with Gasteiger partial charge in [0.2, 0.25) is 0 Å². The monoisotopic (exact) mass is 374 g/mol. The van der Waals surface area contributed by atoms with E-state index in [1.54, 1.807) is 0 Å². The number of aromatic nitrogens is 2. The van der Waals surface area contributed by atoms with Crippen molar-refractivity contribution in [1.82, 2.24) is 19.8 Å². The van der Waals surface area contributed by atoms with Crippen LogP contribution in [0.15, 0.2) is 54.9 Å². The lowest BCUT2D eigenvalue weighted by atomic mass is 9.96. The number of amides is 1. The van der Waals surface area contributed by atoms with Crippen LogP contribution in [0, 0.1) is 12.8 Å². The van der Waals surface area contributed by atoms with Crippen LogP contribution in [0.4, 0.5) is 0 Å². The average molecular weight is 374 g/mol. The van der Waals surface area contributed by atoms with Gasteiger partial charge < -0.3 is 9.80 Å². The summed E-state index contributed by atoms with van der Waals surface area (Å²) in [6.07, 6.45) is 4.79. The fraction of sp³-hybridized carbons (Fsp3) is 0.348. The van der Waals surface area contributed by atoms with E-state index in [-0.39, 0.29) is 5.91 Å². The van der Waals surface area contributed by atoms with Crippen LogP contribution in [0.1, 0.15) is 21.7 Å². The van der Waals surface area contributed by atoms with Gasteiger partial charge in [0.1, 0.15) is 5.69 Å². The summed E-state index contributed by atoms with van der Waals surface area (Å²) >= 11 is 0. The van der Waals surface area contributed by atoms with E-state index < -0.39 is 0 Å². The van der Waals surface area contributed by atoms with Gasteiger partial charge in [0, 0.05) is 49.7 Å². The van der Waals surface area contributed by atoms with E-state index in [0.717, 1.165) is 38.3 Å². The Morgan fingerprint density at radius 2 is 1.93 bits per heavy atom. The second kappa shape index (κ2) is 8.07. The molecule has 1 amide bonds. The molecule has 0 radical (unpaired) electrons. The number of aryl methyl sites for hydroxylation is 1. The fourth-order valence-corrected chi connectivity index (χ4v) is 4.07. The van der Waals surface area contributed by atoms with Crippen molar-refractivity contribution >= 4 is 16.7 Å². The van der Waals surface area contributed by atoms with Gasteiger partial charge in [-0.1, -0.05) is 30.3 Å². The molecule has 0 N–H and O–H groups in total. The lowest BCUT2D eigenvalue weighted by Crippen LogP contribution is -2.37. The number of likely N-dealkylation sites (N-methyl/N-ethyl adjacent to an activating group) is 1. The summed E-state index contributed by atoms with van der Waals surface area (Å²) in [5.74, 6) is 0.383. The Labute approximate surface area is 166 Å². The Morgan fingerprint density at radius 3 is 2.79 bits per heavy atom. The largest absolute Gasteiger partial charge is 0.336 e. The van der Waals surface area contributed by atoms with Gasteiger partial charge in [-0.3, -0.25) is 9.78 Å². The lowest BCUT2D eigenvalue weighted by Gasteiger charge is -2.24. The van der Waals surface area contributed by atoms with Crippen LogP contribution < -0.4 is 0 Å². The Bertz CT molecular complexity index is 982. The highest BCUT2D eigenvalue weighted by molar-refractivity contribution is 5.92. The summed E-state index contributed by atoms with van der Waals surface area (Å²) in [7, 11) is 2.13. The summed E-state index contributed by atoms with van der Waals surface area (Å²) in [5.41, 5.74) is 2.66. The summed E-state index contributed by atoms with van der Waals surface area (Å²) in [5, 5.41) is 2.42. The van der Waals surface area contributed by atoms with Crippen LogP contribution in [0.5, 0.6) is 0 Å². The number of carbonyl (C=O) groups is 1. The molecule has 1 fully saturated rings. The van der Waals surface area contributed by atoms with Gasteiger partial charge in [-0.05, 0) is 49.4 Å². The molecule has 5 nitrogen and oxygen atoms in total. The summed E-state index contributed by atoms with van der Waals surface area (Å²) in [4.78, 5) is 26.2. The molecule has 1 atom stereocenters. The molecule has 0 spiro atoms. The summed E-state index contributed by atoms with van der Waals surface area (Å²) in [6, 6.07) is 14.0. The molecule has 3 aromatic rings. The number of pyridine rings is 2. The lowest BCUT2D eigenvalue weighted by molar-refractivity contribution is 0.0740. The standard InChI is InChI=1S/C23H26N4O/c1-17-6-5-9-22(25-17)23(28)27-11-10-26(2)15-18(16-27)12-20-14-24-13-19-7-3-4-8-21(19)20/h3-9,13-14,18H,10-12,15-16H2,1-2H3/t18-/m0/s1. The van der Waals surface area contributed by atoms with E-state index >= 15 is 0 Å². The van der Waals surface area contributed by atoms with E-state index in [1.165, 1.54) is 16.3 Å². The molecule has 0 bridgehead atoms. The molecule has 0 unspecified atom stereocenters. The smallest absolute Gasteiger partial charge is 0.272 e. The second-order valence-electron chi connectivity index (χ2n) is 7.77. The van der Waals surface area contributed by atoms with E-state index in [0.29, 0.717) is 11.6 Å². The molecule has 144 valence electrons. The summed E-state index contributed by atoms with van der Waals surface area (Å²) in [6.45, 7) is 5.23. The number of rotatable bonds is 3. The van der Waals surface area contributed by atoms with Crippen molar-refractivity contribution in [2.24, 2.45) is 5.92 Å². The third-order valence-corrected chi connectivity index (χ3v) is 5.45. The van der Waals surface area contributed by atoms with Crippen molar-refractivity contribution in [1.29, 1.82) is 0 Å². The molecule has 1 aromatic carbocycles. The zero-order valence-electron chi connectivity index (χ0n) is 16.5. The van der Waals surface area contributed by atoms with Crippen molar-refractivity contribution < 1.29 is 4.79 Å². The first-order chi connectivity index (χ1) is 13.6. The van der Waals surface area contributed by atoms with Gasteiger partial charge in [0.15, 0.2) is 0 Å². The Balaban J connectivity index is 1.57. The molecule has 0 aliphatic carbocycles. The molecule has 1 aliphatic heterocycles. The SMILES string of the molecule is Cc1cccc(C(=O)N2CCN(C)C[C@H](Cc3cncc4ccccc34)C2)n1. The third-order valence-electron chi connectivity index (χ3n) is 5.45. The van der Waals surface area contributed by atoms with E-state index in [1.807, 2.05) is 48.5 Å². The predicted molar refractivity (Wildman–Crippen MR) is 111 cm³/mol. The number of fused-ring (bicyclic) bond motifs is 1. The van der Waals surface area contributed by atoms with Crippen LogP contribution >= 0.6 is 0 Å². The van der Waals surface area contributed by atoms with Crippen molar-refractivity contribution in [3.8, 4) is 0 Å². The molecule has 28 heavy (non-hydrogen) atoms. The molecule has 1 aliphatic rings. The molecule has 2 aromatic heterocycles.